The Labute approximate surface area is 144 Å². The molecule has 3 rings (SSSR count). The molecule has 0 saturated carbocycles. The van der Waals surface area contributed by atoms with E-state index in [0.29, 0.717) is 16.3 Å². The van der Waals surface area contributed by atoms with Gasteiger partial charge in [-0.15, -0.1) is 11.3 Å². The van der Waals surface area contributed by atoms with Crippen LogP contribution in [0.1, 0.15) is 16.1 Å². The second kappa shape index (κ2) is 6.26. The summed E-state index contributed by atoms with van der Waals surface area (Å²) in [7, 11) is -1.32. The van der Waals surface area contributed by atoms with Crippen LogP contribution in [-0.2, 0) is 9.84 Å². The first-order valence-electron chi connectivity index (χ1n) is 7.19. The predicted octanol–water partition coefficient (Wildman–Crippen LogP) is 3.33. The summed E-state index contributed by atoms with van der Waals surface area (Å²) in [5, 5.41) is 0.670. The van der Waals surface area contributed by atoms with Crippen LogP contribution in [0.5, 0.6) is 0 Å². The first kappa shape index (κ1) is 16.5. The van der Waals surface area contributed by atoms with Gasteiger partial charge in [0.05, 0.1) is 16.4 Å². The van der Waals surface area contributed by atoms with E-state index in [1.165, 1.54) is 11.3 Å². The van der Waals surface area contributed by atoms with Crippen LogP contribution in [0.25, 0.3) is 10.4 Å². The van der Waals surface area contributed by atoms with E-state index in [1.54, 1.807) is 18.0 Å². The van der Waals surface area contributed by atoms with Crippen LogP contribution in [0.3, 0.4) is 0 Å². The average Bonchev–Trinajstić information content (AvgIpc) is 3.13. The monoisotopic (exact) mass is 369 g/mol. The van der Waals surface area contributed by atoms with Crippen molar-refractivity contribution in [2.45, 2.75) is 12.5 Å². The summed E-state index contributed by atoms with van der Waals surface area (Å²) in [6, 6.07) is 10.9. The van der Waals surface area contributed by atoms with Crippen molar-refractivity contribution in [1.82, 2.24) is 4.90 Å². The van der Waals surface area contributed by atoms with Gasteiger partial charge >= 0.3 is 0 Å². The standard InChI is InChI=1S/C16H16ClNO3S2/c1-18(13-8-9-23(20,21)10-13)16(19)15-7-6-14(22-15)11-2-4-12(17)5-3-11/h2-7,13H,8-10H2,1H3/t13-/m1/s1. The maximum atomic E-state index is 12.6. The van der Waals surface area contributed by atoms with Crippen LogP contribution >= 0.6 is 22.9 Å². The Kier molecular flexibility index (Phi) is 4.49. The summed E-state index contributed by atoms with van der Waals surface area (Å²) >= 11 is 7.29. The lowest BCUT2D eigenvalue weighted by Crippen LogP contribution is -2.37. The number of sulfone groups is 1. The summed E-state index contributed by atoms with van der Waals surface area (Å²) in [6.07, 6.45) is 0.514. The van der Waals surface area contributed by atoms with E-state index in [-0.39, 0.29) is 23.5 Å². The van der Waals surface area contributed by atoms with Crippen molar-refractivity contribution >= 4 is 38.7 Å². The highest BCUT2D eigenvalue weighted by Gasteiger charge is 2.33. The Morgan fingerprint density at radius 2 is 1.91 bits per heavy atom. The molecule has 1 atom stereocenters. The summed E-state index contributed by atoms with van der Waals surface area (Å²) < 4.78 is 23.1. The topological polar surface area (TPSA) is 54.5 Å². The normalized spacial score (nSPS) is 19.7. The minimum Gasteiger partial charge on any atom is -0.337 e. The van der Waals surface area contributed by atoms with Crippen LogP contribution in [-0.4, -0.2) is 43.8 Å². The maximum absolute atomic E-state index is 12.6. The Bertz CT molecular complexity index is 827. The zero-order chi connectivity index (χ0) is 16.6. The van der Waals surface area contributed by atoms with E-state index in [2.05, 4.69) is 0 Å². The molecule has 23 heavy (non-hydrogen) atoms. The third kappa shape index (κ3) is 3.59. The molecule has 1 aromatic heterocycles. The smallest absolute Gasteiger partial charge is 0.263 e. The molecular formula is C16H16ClNO3S2. The van der Waals surface area contributed by atoms with Crippen molar-refractivity contribution in [2.24, 2.45) is 0 Å². The highest BCUT2D eigenvalue weighted by atomic mass is 35.5. The van der Waals surface area contributed by atoms with Gasteiger partial charge in [0.25, 0.3) is 5.91 Å². The third-order valence-electron chi connectivity index (χ3n) is 4.02. The molecule has 2 aromatic rings. The highest BCUT2D eigenvalue weighted by Crippen LogP contribution is 2.30. The number of halogens is 1. The molecule has 1 saturated heterocycles. The number of thiophene rings is 1. The Morgan fingerprint density at radius 1 is 1.22 bits per heavy atom. The first-order chi connectivity index (χ1) is 10.9. The predicted molar refractivity (Wildman–Crippen MR) is 93.9 cm³/mol. The Balaban J connectivity index is 1.77. The molecule has 1 fully saturated rings. The minimum atomic E-state index is -3.00. The molecule has 0 N–H and O–H groups in total. The van der Waals surface area contributed by atoms with Crippen molar-refractivity contribution in [3.63, 3.8) is 0 Å². The Hall–Kier alpha value is -1.37. The molecule has 0 unspecified atom stereocenters. The van der Waals surface area contributed by atoms with Crippen molar-refractivity contribution in [3.8, 4) is 10.4 Å². The largest absolute Gasteiger partial charge is 0.337 e. The molecule has 122 valence electrons. The molecule has 0 radical (unpaired) electrons. The number of carbonyl (C=O) groups excluding carboxylic acids is 1. The van der Waals surface area contributed by atoms with Crippen LogP contribution < -0.4 is 0 Å². The van der Waals surface area contributed by atoms with Gasteiger partial charge in [-0.2, -0.15) is 0 Å². The van der Waals surface area contributed by atoms with Crippen molar-refractivity contribution in [1.29, 1.82) is 0 Å². The zero-order valence-corrected chi connectivity index (χ0v) is 14.9. The van der Waals surface area contributed by atoms with Gasteiger partial charge < -0.3 is 4.90 Å². The molecule has 1 aliphatic heterocycles. The van der Waals surface area contributed by atoms with Crippen molar-refractivity contribution in [2.75, 3.05) is 18.6 Å². The summed E-state index contributed by atoms with van der Waals surface area (Å²) in [4.78, 5) is 15.7. The lowest BCUT2D eigenvalue weighted by atomic mass is 10.2. The highest BCUT2D eigenvalue weighted by molar-refractivity contribution is 7.91. The number of carbonyl (C=O) groups is 1. The van der Waals surface area contributed by atoms with E-state index < -0.39 is 9.84 Å². The van der Waals surface area contributed by atoms with Crippen molar-refractivity contribution in [3.05, 3.63) is 46.3 Å². The van der Waals surface area contributed by atoms with Gasteiger partial charge in [0.1, 0.15) is 0 Å². The zero-order valence-electron chi connectivity index (χ0n) is 12.5. The second-order valence-electron chi connectivity index (χ2n) is 5.64. The number of hydrogen-bond acceptors (Lipinski definition) is 4. The van der Waals surface area contributed by atoms with E-state index in [0.717, 1.165) is 10.4 Å². The molecular weight excluding hydrogens is 354 g/mol. The van der Waals surface area contributed by atoms with Gasteiger partial charge in [-0.25, -0.2) is 8.42 Å². The van der Waals surface area contributed by atoms with Gasteiger partial charge in [0.2, 0.25) is 0 Å². The van der Waals surface area contributed by atoms with Crippen LogP contribution in [0, 0.1) is 0 Å². The van der Waals surface area contributed by atoms with Gasteiger partial charge in [-0.1, -0.05) is 23.7 Å². The van der Waals surface area contributed by atoms with E-state index in [9.17, 15) is 13.2 Å². The average molecular weight is 370 g/mol. The fourth-order valence-electron chi connectivity index (χ4n) is 2.64. The van der Waals surface area contributed by atoms with Gasteiger partial charge in [0, 0.05) is 23.0 Å². The quantitative estimate of drug-likeness (QED) is 0.833. The van der Waals surface area contributed by atoms with E-state index in [1.807, 2.05) is 30.3 Å². The summed E-state index contributed by atoms with van der Waals surface area (Å²) in [6.45, 7) is 0. The summed E-state index contributed by atoms with van der Waals surface area (Å²) in [5.41, 5.74) is 1.00. The van der Waals surface area contributed by atoms with E-state index in [4.69, 9.17) is 11.6 Å². The van der Waals surface area contributed by atoms with Crippen LogP contribution in [0.4, 0.5) is 0 Å². The molecule has 1 aliphatic rings. The molecule has 2 heterocycles. The van der Waals surface area contributed by atoms with Gasteiger partial charge in [0.15, 0.2) is 9.84 Å². The fourth-order valence-corrected chi connectivity index (χ4v) is 5.54. The van der Waals surface area contributed by atoms with Crippen molar-refractivity contribution < 1.29 is 13.2 Å². The van der Waals surface area contributed by atoms with Gasteiger partial charge in [-0.05, 0) is 36.2 Å². The lowest BCUT2D eigenvalue weighted by molar-refractivity contribution is 0.0752. The Morgan fingerprint density at radius 3 is 2.52 bits per heavy atom. The minimum absolute atomic E-state index is 0.0602. The SMILES string of the molecule is CN(C(=O)c1ccc(-c2ccc(Cl)cc2)s1)[C@@H]1CCS(=O)(=O)C1. The molecule has 7 heteroatoms. The third-order valence-corrected chi connectivity index (χ3v) is 7.15. The fraction of sp³-hybridized carbons (Fsp3) is 0.312. The molecule has 4 nitrogen and oxygen atoms in total. The maximum Gasteiger partial charge on any atom is 0.263 e. The molecule has 1 aromatic carbocycles. The van der Waals surface area contributed by atoms with E-state index >= 15 is 0 Å². The van der Waals surface area contributed by atoms with Crippen LogP contribution in [0.2, 0.25) is 5.02 Å². The number of hydrogen-bond donors (Lipinski definition) is 0. The first-order valence-corrected chi connectivity index (χ1v) is 10.2. The number of rotatable bonds is 3. The lowest BCUT2D eigenvalue weighted by Gasteiger charge is -2.22. The summed E-state index contributed by atoms with van der Waals surface area (Å²) in [5.74, 6) is 0.0951. The molecule has 0 spiro atoms. The second-order valence-corrected chi connectivity index (χ2v) is 9.39. The van der Waals surface area contributed by atoms with Crippen LogP contribution in [0.15, 0.2) is 36.4 Å². The van der Waals surface area contributed by atoms with Gasteiger partial charge in [-0.3, -0.25) is 4.79 Å². The molecule has 1 amide bonds. The molecule has 0 aliphatic carbocycles. The molecule has 0 bridgehead atoms. The number of amides is 1. The number of nitrogens with zero attached hydrogens (tertiary/aromatic N) is 1. The number of benzene rings is 1.